The Labute approximate surface area is 202 Å². The maximum atomic E-state index is 13.9. The fourth-order valence-electron chi connectivity index (χ4n) is 2.78. The maximum absolute atomic E-state index is 13.9. The van der Waals surface area contributed by atoms with E-state index in [-0.39, 0.29) is 21.5 Å². The number of rotatable bonds is 7. The number of sulfonamides is 1. The van der Waals surface area contributed by atoms with E-state index >= 15 is 0 Å². The zero-order valence-electron chi connectivity index (χ0n) is 16.2. The Hall–Kier alpha value is -2.04. The summed E-state index contributed by atoms with van der Waals surface area (Å²) in [5.74, 6) is -2.88. The van der Waals surface area contributed by atoms with Gasteiger partial charge in [-0.05, 0) is 54.1 Å². The maximum Gasteiger partial charge on any atom is 0.243 e. The van der Waals surface area contributed by atoms with Crippen molar-refractivity contribution in [3.05, 3.63) is 92.4 Å². The van der Waals surface area contributed by atoms with E-state index < -0.39 is 39.8 Å². The Kier molecular flexibility index (Phi) is 7.89. The fourth-order valence-corrected chi connectivity index (χ4v) is 4.75. The Bertz CT molecular complexity index is 1240. The molecule has 0 spiro atoms. The number of nitrogens with one attached hydrogen (secondary N) is 1. The Morgan fingerprint density at radius 1 is 0.969 bits per heavy atom. The summed E-state index contributed by atoms with van der Waals surface area (Å²) in [4.78, 5) is 12.5. The van der Waals surface area contributed by atoms with Crippen LogP contribution < -0.4 is 5.32 Å². The van der Waals surface area contributed by atoms with Gasteiger partial charge in [-0.15, -0.1) is 0 Å². The first-order chi connectivity index (χ1) is 15.1. The molecule has 0 saturated heterocycles. The van der Waals surface area contributed by atoms with E-state index in [0.29, 0.717) is 10.0 Å². The van der Waals surface area contributed by atoms with Gasteiger partial charge in [-0.2, -0.15) is 4.31 Å². The number of amides is 1. The smallest absolute Gasteiger partial charge is 0.243 e. The minimum atomic E-state index is -4.16. The van der Waals surface area contributed by atoms with Crippen LogP contribution in [0, 0.1) is 11.6 Å². The molecule has 5 nitrogen and oxygen atoms in total. The average Bonchev–Trinajstić information content (AvgIpc) is 2.73. The van der Waals surface area contributed by atoms with E-state index in [1.165, 1.54) is 24.3 Å². The molecular weight excluding hydrogens is 549 g/mol. The summed E-state index contributed by atoms with van der Waals surface area (Å²) in [5.41, 5.74) is -0.196. The number of halogens is 5. The molecule has 0 aromatic heterocycles. The number of anilines is 1. The van der Waals surface area contributed by atoms with Crippen LogP contribution in [0.1, 0.15) is 5.56 Å². The van der Waals surface area contributed by atoms with Crippen molar-refractivity contribution in [3.63, 3.8) is 0 Å². The number of benzene rings is 3. The predicted octanol–water partition coefficient (Wildman–Crippen LogP) is 5.86. The molecule has 0 aliphatic heterocycles. The van der Waals surface area contributed by atoms with Gasteiger partial charge in [0, 0.05) is 11.0 Å². The monoisotopic (exact) mass is 562 g/mol. The Balaban J connectivity index is 1.93. The van der Waals surface area contributed by atoms with Gasteiger partial charge >= 0.3 is 0 Å². The van der Waals surface area contributed by atoms with Crippen molar-refractivity contribution in [2.75, 3.05) is 11.9 Å². The molecule has 0 aliphatic carbocycles. The van der Waals surface area contributed by atoms with Crippen LogP contribution in [-0.2, 0) is 21.4 Å². The Morgan fingerprint density at radius 2 is 1.59 bits per heavy atom. The zero-order chi connectivity index (χ0) is 23.5. The molecule has 1 amide bonds. The molecule has 0 radical (unpaired) electrons. The molecule has 0 heterocycles. The third-order valence-electron chi connectivity index (χ3n) is 4.34. The predicted molar refractivity (Wildman–Crippen MR) is 123 cm³/mol. The van der Waals surface area contributed by atoms with E-state index in [9.17, 15) is 22.0 Å². The third kappa shape index (κ3) is 5.85. The topological polar surface area (TPSA) is 66.5 Å². The van der Waals surface area contributed by atoms with E-state index in [1.54, 1.807) is 18.2 Å². The molecule has 1 N–H and O–H groups in total. The van der Waals surface area contributed by atoms with E-state index in [4.69, 9.17) is 23.2 Å². The van der Waals surface area contributed by atoms with Gasteiger partial charge in [0.25, 0.3) is 0 Å². The minimum absolute atomic E-state index is 0.0642. The van der Waals surface area contributed by atoms with Gasteiger partial charge in [0.1, 0.15) is 17.3 Å². The molecule has 11 heteroatoms. The first-order valence-electron chi connectivity index (χ1n) is 9.01. The first-order valence-corrected chi connectivity index (χ1v) is 12.0. The molecule has 32 heavy (non-hydrogen) atoms. The molecule has 3 aromatic carbocycles. The van der Waals surface area contributed by atoms with E-state index in [1.807, 2.05) is 0 Å². The lowest BCUT2D eigenvalue weighted by atomic mass is 10.2. The second kappa shape index (κ2) is 10.3. The van der Waals surface area contributed by atoms with Crippen LogP contribution >= 0.6 is 39.1 Å². The van der Waals surface area contributed by atoms with Gasteiger partial charge in [-0.25, -0.2) is 17.2 Å². The quantitative estimate of drug-likeness (QED) is 0.391. The molecule has 0 aliphatic rings. The van der Waals surface area contributed by atoms with Crippen molar-refractivity contribution in [2.24, 2.45) is 0 Å². The second-order valence-corrected chi connectivity index (χ2v) is 10.3. The molecule has 3 rings (SSSR count). The first kappa shape index (κ1) is 24.6. The van der Waals surface area contributed by atoms with Crippen LogP contribution in [0.15, 0.2) is 70.0 Å². The van der Waals surface area contributed by atoms with Crippen LogP contribution in [0.2, 0.25) is 10.0 Å². The second-order valence-electron chi connectivity index (χ2n) is 6.62. The van der Waals surface area contributed by atoms with Gasteiger partial charge < -0.3 is 5.32 Å². The van der Waals surface area contributed by atoms with Crippen molar-refractivity contribution in [3.8, 4) is 0 Å². The zero-order valence-corrected chi connectivity index (χ0v) is 20.1. The lowest BCUT2D eigenvalue weighted by molar-refractivity contribution is -0.116. The van der Waals surface area contributed by atoms with Crippen LogP contribution in [0.3, 0.4) is 0 Å². The van der Waals surface area contributed by atoms with Gasteiger partial charge in [0.05, 0.1) is 21.5 Å². The lowest BCUT2D eigenvalue weighted by Gasteiger charge is -2.22. The molecule has 0 fully saturated rings. The van der Waals surface area contributed by atoms with E-state index in [0.717, 1.165) is 22.5 Å². The minimum Gasteiger partial charge on any atom is -0.320 e. The van der Waals surface area contributed by atoms with Gasteiger partial charge in [-0.1, -0.05) is 51.3 Å². The van der Waals surface area contributed by atoms with Crippen LogP contribution in [-0.4, -0.2) is 25.2 Å². The molecule has 0 saturated carbocycles. The number of hydrogen-bond acceptors (Lipinski definition) is 3. The van der Waals surface area contributed by atoms with Crippen molar-refractivity contribution in [2.45, 2.75) is 11.4 Å². The molecule has 0 atom stereocenters. The highest BCUT2D eigenvalue weighted by Crippen LogP contribution is 2.26. The number of para-hydroxylation sites is 1. The van der Waals surface area contributed by atoms with E-state index in [2.05, 4.69) is 21.2 Å². The molecule has 3 aromatic rings. The normalized spacial score (nSPS) is 11.6. The van der Waals surface area contributed by atoms with Crippen LogP contribution in [0.4, 0.5) is 14.5 Å². The van der Waals surface area contributed by atoms with Gasteiger partial charge in [-0.3, -0.25) is 4.79 Å². The van der Waals surface area contributed by atoms with Crippen LogP contribution in [0.25, 0.3) is 0 Å². The SMILES string of the molecule is O=C(CN(Cc1ccc(Cl)c(Cl)c1)S(=O)(=O)c1ccc(Br)cc1)Nc1c(F)cccc1F. The van der Waals surface area contributed by atoms with Crippen molar-refractivity contribution in [1.82, 2.24) is 4.31 Å². The molecule has 0 unspecified atom stereocenters. The average molecular weight is 564 g/mol. The largest absolute Gasteiger partial charge is 0.320 e. The number of carbonyl (C=O) groups is 1. The standard InChI is InChI=1S/C21H15BrCl2F2N2O3S/c22-14-5-7-15(8-6-14)32(30,31)28(11-13-4-9-16(23)17(24)10-13)12-20(29)27-21-18(25)2-1-3-19(21)26/h1-10H,11-12H2,(H,27,29). The summed E-state index contributed by atoms with van der Waals surface area (Å²) in [6, 6.07) is 13.5. The summed E-state index contributed by atoms with van der Waals surface area (Å²) < 4.78 is 55.8. The van der Waals surface area contributed by atoms with Crippen molar-refractivity contribution >= 4 is 60.7 Å². The van der Waals surface area contributed by atoms with Crippen molar-refractivity contribution < 1.29 is 22.0 Å². The molecular formula is C21H15BrCl2F2N2O3S. The van der Waals surface area contributed by atoms with Crippen molar-refractivity contribution in [1.29, 1.82) is 0 Å². The summed E-state index contributed by atoms with van der Waals surface area (Å²) in [6.45, 7) is -0.936. The number of carbonyl (C=O) groups excluding carboxylic acids is 1. The van der Waals surface area contributed by atoms with Gasteiger partial charge in [0.2, 0.25) is 15.9 Å². The third-order valence-corrected chi connectivity index (χ3v) is 7.42. The summed E-state index contributed by atoms with van der Waals surface area (Å²) in [5, 5.41) is 2.59. The summed E-state index contributed by atoms with van der Waals surface area (Å²) in [7, 11) is -4.16. The summed E-state index contributed by atoms with van der Waals surface area (Å²) >= 11 is 15.2. The summed E-state index contributed by atoms with van der Waals surface area (Å²) in [6.07, 6.45) is 0. The highest BCUT2D eigenvalue weighted by Gasteiger charge is 2.28. The van der Waals surface area contributed by atoms with Gasteiger partial charge in [0.15, 0.2) is 0 Å². The van der Waals surface area contributed by atoms with Crippen LogP contribution in [0.5, 0.6) is 0 Å². The lowest BCUT2D eigenvalue weighted by Crippen LogP contribution is -2.37. The molecule has 0 bridgehead atoms. The highest BCUT2D eigenvalue weighted by atomic mass is 79.9. The highest BCUT2D eigenvalue weighted by molar-refractivity contribution is 9.10. The molecule has 168 valence electrons. The number of nitrogens with zero attached hydrogens (tertiary/aromatic N) is 1. The Morgan fingerprint density at radius 3 is 2.19 bits per heavy atom. The fraction of sp³-hybridized carbons (Fsp3) is 0.0952. The number of hydrogen-bond donors (Lipinski definition) is 1.